The van der Waals surface area contributed by atoms with E-state index in [0.29, 0.717) is 56.8 Å². The monoisotopic (exact) mass is 677 g/mol. The molecule has 1 aliphatic heterocycles. The van der Waals surface area contributed by atoms with E-state index in [9.17, 15) is 0 Å². The maximum Gasteiger partial charge on any atom is 0.234 e. The van der Waals surface area contributed by atoms with Gasteiger partial charge in [0.05, 0.1) is 29.5 Å². The van der Waals surface area contributed by atoms with Gasteiger partial charge in [0, 0.05) is 48.1 Å². The van der Waals surface area contributed by atoms with Gasteiger partial charge in [0.15, 0.2) is 22.9 Å². The maximum absolute atomic E-state index is 5.72. The number of hydrogen-bond acceptors (Lipinski definition) is 13. The van der Waals surface area contributed by atoms with Crippen molar-refractivity contribution in [3.05, 3.63) is 157 Å². The molecule has 0 fully saturated rings. The Morgan fingerprint density at radius 1 is 0.654 bits per heavy atom. The molecule has 7 aromatic heterocycles. The van der Waals surface area contributed by atoms with Gasteiger partial charge in [0.1, 0.15) is 16.9 Å². The van der Waals surface area contributed by atoms with Gasteiger partial charge in [-0.1, -0.05) is 42.5 Å². The molecule has 0 radical (unpaired) electrons. The average Bonchev–Trinajstić information content (AvgIpc) is 3.93. The summed E-state index contributed by atoms with van der Waals surface area (Å²) >= 11 is 0. The van der Waals surface area contributed by atoms with Crippen molar-refractivity contribution in [1.29, 1.82) is 0 Å². The Kier molecular flexibility index (Phi) is 6.60. The number of aromatic nitrogens is 13. The van der Waals surface area contributed by atoms with Gasteiger partial charge in [0.25, 0.3) is 0 Å². The predicted octanol–water partition coefficient (Wildman–Crippen LogP) is 4.93. The second kappa shape index (κ2) is 11.7. The number of benzene rings is 2. The highest BCUT2D eigenvalue weighted by Gasteiger charge is 2.53. The average molecular weight is 678 g/mol. The second-order valence-electron chi connectivity index (χ2n) is 11.8. The first-order valence-electron chi connectivity index (χ1n) is 16.2. The molecule has 1 unspecified atom stereocenters. The largest absolute Gasteiger partial charge is 0.342 e. The lowest BCUT2D eigenvalue weighted by molar-refractivity contribution is 0.510. The molecule has 15 nitrogen and oxygen atoms in total. The highest BCUT2D eigenvalue weighted by Crippen LogP contribution is 2.50. The molecule has 2 N–H and O–H groups in total. The van der Waals surface area contributed by atoms with E-state index in [1.165, 1.54) is 0 Å². The van der Waals surface area contributed by atoms with Crippen LogP contribution in [0.15, 0.2) is 134 Å². The zero-order chi connectivity index (χ0) is 34.5. The van der Waals surface area contributed by atoms with Crippen LogP contribution in [0.2, 0.25) is 0 Å². The van der Waals surface area contributed by atoms with Crippen LogP contribution < -0.4 is 4.90 Å². The highest BCUT2D eigenvalue weighted by atomic mass is 15.4. The van der Waals surface area contributed by atoms with E-state index in [-0.39, 0.29) is 5.95 Å². The Morgan fingerprint density at radius 2 is 1.52 bits per heavy atom. The third-order valence-corrected chi connectivity index (χ3v) is 8.85. The summed E-state index contributed by atoms with van der Waals surface area (Å²) < 4.78 is 0. The van der Waals surface area contributed by atoms with E-state index in [2.05, 4.69) is 47.5 Å². The van der Waals surface area contributed by atoms with Crippen LogP contribution in [0.5, 0.6) is 0 Å². The summed E-state index contributed by atoms with van der Waals surface area (Å²) in [5, 5.41) is 19.1. The predicted molar refractivity (Wildman–Crippen MR) is 192 cm³/mol. The van der Waals surface area contributed by atoms with Crippen molar-refractivity contribution in [1.82, 2.24) is 65.3 Å². The van der Waals surface area contributed by atoms with Crippen LogP contribution in [0.1, 0.15) is 28.6 Å². The summed E-state index contributed by atoms with van der Waals surface area (Å²) in [6, 6.07) is 25.2. The third kappa shape index (κ3) is 4.53. The molecule has 9 aromatic rings. The van der Waals surface area contributed by atoms with Crippen molar-refractivity contribution < 1.29 is 0 Å². The normalized spacial score (nSPS) is 16.2. The standard InChI is InChI=1S/C37H23N15/c1-2-10-24-22(7-1)8-3-11-25(24)37(35-39-15-6-16-40-35)49-30(34-41-19-23-9-4-14-38-32(23)47-34)29(26-13-18-46-50-26)31(27-12-5-17-45-51-27)52(37)36-42-20-28-33(48-36)44-21-43-28/h1-21H,(H,46,50)(H,42,43,44,48). The van der Waals surface area contributed by atoms with Gasteiger partial charge in [-0.15, -0.1) is 5.10 Å². The lowest BCUT2D eigenvalue weighted by atomic mass is 9.86. The lowest BCUT2D eigenvalue weighted by Gasteiger charge is -2.45. The molecule has 15 heteroatoms. The minimum Gasteiger partial charge on any atom is -0.342 e. The summed E-state index contributed by atoms with van der Waals surface area (Å²) in [5.41, 5.74) is 3.31. The first-order chi connectivity index (χ1) is 25.8. The fourth-order valence-corrected chi connectivity index (χ4v) is 6.65. The number of H-pyrrole nitrogens is 2. The van der Waals surface area contributed by atoms with E-state index in [4.69, 9.17) is 34.9 Å². The number of rotatable bonds is 6. The molecule has 1 atom stereocenters. The quantitative estimate of drug-likeness (QED) is 0.242. The smallest absolute Gasteiger partial charge is 0.234 e. The first kappa shape index (κ1) is 29.3. The summed E-state index contributed by atoms with van der Waals surface area (Å²) in [5.74, 6) is 0.890. The van der Waals surface area contributed by atoms with Gasteiger partial charge < -0.3 is 4.98 Å². The minimum atomic E-state index is -1.60. The molecule has 0 saturated heterocycles. The Bertz CT molecular complexity index is 2810. The van der Waals surface area contributed by atoms with E-state index < -0.39 is 5.66 Å². The van der Waals surface area contributed by atoms with Crippen LogP contribution in [0.4, 0.5) is 5.95 Å². The number of pyridine rings is 1. The lowest BCUT2D eigenvalue weighted by Crippen LogP contribution is -2.51. The molecular formula is C37H23N15. The second-order valence-corrected chi connectivity index (χ2v) is 11.8. The molecule has 8 heterocycles. The van der Waals surface area contributed by atoms with E-state index in [1.807, 2.05) is 65.6 Å². The van der Waals surface area contributed by atoms with E-state index in [0.717, 1.165) is 21.7 Å². The van der Waals surface area contributed by atoms with Crippen molar-refractivity contribution in [2.24, 2.45) is 4.99 Å². The van der Waals surface area contributed by atoms with Gasteiger partial charge in [-0.3, -0.25) is 10.00 Å². The minimum absolute atomic E-state index is 0.251. The van der Waals surface area contributed by atoms with Gasteiger partial charge in [0.2, 0.25) is 11.6 Å². The van der Waals surface area contributed by atoms with E-state index >= 15 is 0 Å². The molecule has 246 valence electrons. The Balaban J connectivity index is 1.43. The van der Waals surface area contributed by atoms with Crippen LogP contribution in [-0.4, -0.2) is 71.0 Å². The molecular weight excluding hydrogens is 655 g/mol. The number of hydrogen-bond donors (Lipinski definition) is 2. The van der Waals surface area contributed by atoms with Crippen LogP contribution in [0, 0.1) is 0 Å². The summed E-state index contributed by atoms with van der Waals surface area (Å²) in [7, 11) is 0. The zero-order valence-corrected chi connectivity index (χ0v) is 26.9. The van der Waals surface area contributed by atoms with Gasteiger partial charge >= 0.3 is 0 Å². The molecule has 0 bridgehead atoms. The zero-order valence-electron chi connectivity index (χ0n) is 26.9. The number of imidazole rings is 1. The number of fused-ring (bicyclic) bond motifs is 3. The highest BCUT2D eigenvalue weighted by molar-refractivity contribution is 6.37. The van der Waals surface area contributed by atoms with E-state index in [1.54, 1.807) is 55.8 Å². The van der Waals surface area contributed by atoms with Crippen molar-refractivity contribution >= 4 is 55.9 Å². The molecule has 2 aromatic carbocycles. The van der Waals surface area contributed by atoms with Crippen LogP contribution in [0.3, 0.4) is 0 Å². The number of aliphatic imine (C=N–C) groups is 1. The van der Waals surface area contributed by atoms with Crippen LogP contribution in [-0.2, 0) is 5.66 Å². The topological polar surface area (TPSA) is 189 Å². The Morgan fingerprint density at radius 3 is 2.40 bits per heavy atom. The van der Waals surface area contributed by atoms with Gasteiger partial charge in [-0.25, -0.2) is 39.9 Å². The number of nitrogens with zero attached hydrogens (tertiary/aromatic N) is 13. The molecule has 10 rings (SSSR count). The number of allylic oxidation sites excluding steroid dienone is 1. The SMILES string of the molecule is c1cnc(C2(c3cccc4ccccc34)N=C(c3ncc4cccnc4n3)C(c3ccn[nH]3)=C(c3cccnn3)N2c2ncc3[nH]cnc3n2)nc1. The summed E-state index contributed by atoms with van der Waals surface area (Å²) in [6.45, 7) is 0. The Labute approximate surface area is 293 Å². The Hall–Kier alpha value is -7.68. The summed E-state index contributed by atoms with van der Waals surface area (Å²) in [6.07, 6.45) is 13.4. The number of nitrogens with one attached hydrogen (secondary N) is 2. The molecule has 1 aliphatic rings. The van der Waals surface area contributed by atoms with Crippen LogP contribution in [0.25, 0.3) is 44.2 Å². The molecule has 52 heavy (non-hydrogen) atoms. The molecule has 0 aliphatic carbocycles. The summed E-state index contributed by atoms with van der Waals surface area (Å²) in [4.78, 5) is 49.4. The molecule has 0 amide bonds. The third-order valence-electron chi connectivity index (χ3n) is 8.85. The fraction of sp³-hybridized carbons (Fsp3) is 0.0270. The van der Waals surface area contributed by atoms with Crippen molar-refractivity contribution in [2.45, 2.75) is 5.66 Å². The number of anilines is 1. The number of aromatic amines is 2. The fourth-order valence-electron chi connectivity index (χ4n) is 6.65. The van der Waals surface area contributed by atoms with Gasteiger partial charge in [-0.05, 0) is 47.2 Å². The van der Waals surface area contributed by atoms with Crippen molar-refractivity contribution in [3.8, 4) is 0 Å². The first-order valence-corrected chi connectivity index (χ1v) is 16.2. The van der Waals surface area contributed by atoms with Gasteiger partial charge in [-0.2, -0.15) is 15.2 Å². The molecule has 0 saturated carbocycles. The van der Waals surface area contributed by atoms with Crippen molar-refractivity contribution in [3.63, 3.8) is 0 Å². The maximum atomic E-state index is 5.72. The van der Waals surface area contributed by atoms with Crippen LogP contribution >= 0.6 is 0 Å². The molecule has 0 spiro atoms. The van der Waals surface area contributed by atoms with Crippen molar-refractivity contribution in [2.75, 3.05) is 4.90 Å².